The highest BCUT2D eigenvalue weighted by Gasteiger charge is 2.10. The molecule has 0 saturated heterocycles. The van der Waals surface area contributed by atoms with Crippen molar-refractivity contribution in [1.29, 1.82) is 0 Å². The largest absolute Gasteiger partial charge is 0.352 e. The predicted molar refractivity (Wildman–Crippen MR) is 89.6 cm³/mol. The molecule has 0 spiro atoms. The van der Waals surface area contributed by atoms with Crippen molar-refractivity contribution in [3.63, 3.8) is 0 Å². The summed E-state index contributed by atoms with van der Waals surface area (Å²) in [5.74, 6) is 0.475. The molecule has 1 unspecified atom stereocenters. The maximum absolute atomic E-state index is 12.1. The van der Waals surface area contributed by atoms with Gasteiger partial charge < -0.3 is 10.6 Å². The van der Waals surface area contributed by atoms with Crippen LogP contribution in [0.3, 0.4) is 0 Å². The van der Waals surface area contributed by atoms with E-state index in [0.717, 1.165) is 18.5 Å². The number of carbonyl (C=O) groups excluding carboxylic acids is 2. The van der Waals surface area contributed by atoms with Gasteiger partial charge in [-0.05, 0) is 30.0 Å². The first-order chi connectivity index (χ1) is 10.6. The standard InChI is InChI=1S/C18H28N2O2/c1-4-6-7-15(5-2)12-20-18(22)17-10-8-16(9-11-17)13-19-14(3)21/h8-11,15H,4-7,12-13H2,1-3H3,(H,19,21)(H,20,22). The molecular formula is C18H28N2O2. The van der Waals surface area contributed by atoms with Crippen LogP contribution in [0.4, 0.5) is 0 Å². The molecule has 4 heteroatoms. The summed E-state index contributed by atoms with van der Waals surface area (Å²) < 4.78 is 0. The topological polar surface area (TPSA) is 58.2 Å². The van der Waals surface area contributed by atoms with Crippen LogP contribution in [0.2, 0.25) is 0 Å². The summed E-state index contributed by atoms with van der Waals surface area (Å²) in [4.78, 5) is 23.0. The molecule has 1 aromatic rings. The molecule has 1 atom stereocenters. The van der Waals surface area contributed by atoms with Gasteiger partial charge in [-0.2, -0.15) is 0 Å². The van der Waals surface area contributed by atoms with Crippen molar-refractivity contribution in [3.05, 3.63) is 35.4 Å². The van der Waals surface area contributed by atoms with Gasteiger partial charge in [-0.15, -0.1) is 0 Å². The first-order valence-electron chi connectivity index (χ1n) is 8.18. The van der Waals surface area contributed by atoms with E-state index < -0.39 is 0 Å². The molecule has 0 fully saturated rings. The van der Waals surface area contributed by atoms with Crippen LogP contribution < -0.4 is 10.6 Å². The van der Waals surface area contributed by atoms with Gasteiger partial charge in [0.2, 0.25) is 5.91 Å². The molecule has 2 amide bonds. The summed E-state index contributed by atoms with van der Waals surface area (Å²) in [6, 6.07) is 7.36. The minimum atomic E-state index is -0.0560. The van der Waals surface area contributed by atoms with E-state index in [-0.39, 0.29) is 11.8 Å². The second kappa shape index (κ2) is 9.98. The van der Waals surface area contributed by atoms with Crippen LogP contribution in [0.5, 0.6) is 0 Å². The van der Waals surface area contributed by atoms with E-state index in [4.69, 9.17) is 0 Å². The molecule has 0 aliphatic rings. The number of rotatable bonds is 9. The number of nitrogens with one attached hydrogen (secondary N) is 2. The number of carbonyl (C=O) groups is 2. The van der Waals surface area contributed by atoms with Gasteiger partial charge in [0.1, 0.15) is 0 Å². The zero-order valence-electron chi connectivity index (χ0n) is 13.9. The average Bonchev–Trinajstić information content (AvgIpc) is 2.53. The Bertz CT molecular complexity index is 468. The summed E-state index contributed by atoms with van der Waals surface area (Å²) in [7, 11) is 0. The lowest BCUT2D eigenvalue weighted by molar-refractivity contribution is -0.119. The highest BCUT2D eigenvalue weighted by atomic mass is 16.2. The first-order valence-corrected chi connectivity index (χ1v) is 8.18. The number of amides is 2. The Hall–Kier alpha value is -1.84. The highest BCUT2D eigenvalue weighted by molar-refractivity contribution is 5.94. The van der Waals surface area contributed by atoms with Gasteiger partial charge in [-0.25, -0.2) is 0 Å². The molecule has 0 aliphatic carbocycles. The second-order valence-electron chi connectivity index (χ2n) is 5.73. The lowest BCUT2D eigenvalue weighted by Gasteiger charge is -2.15. The van der Waals surface area contributed by atoms with Crippen LogP contribution in [0, 0.1) is 5.92 Å². The third kappa shape index (κ3) is 6.74. The van der Waals surface area contributed by atoms with Gasteiger partial charge in [0.25, 0.3) is 5.91 Å². The molecule has 0 aromatic heterocycles. The average molecular weight is 304 g/mol. The second-order valence-corrected chi connectivity index (χ2v) is 5.73. The fraction of sp³-hybridized carbons (Fsp3) is 0.556. The molecule has 0 saturated carbocycles. The fourth-order valence-corrected chi connectivity index (χ4v) is 2.28. The van der Waals surface area contributed by atoms with Crippen LogP contribution in [-0.2, 0) is 11.3 Å². The molecular weight excluding hydrogens is 276 g/mol. The third-order valence-electron chi connectivity index (χ3n) is 3.85. The minimum absolute atomic E-state index is 0.0268. The predicted octanol–water partition coefficient (Wildman–Crippen LogP) is 3.27. The summed E-state index contributed by atoms with van der Waals surface area (Å²) in [6.45, 7) is 7.08. The van der Waals surface area contributed by atoms with Crippen molar-refractivity contribution in [3.8, 4) is 0 Å². The minimum Gasteiger partial charge on any atom is -0.352 e. The summed E-state index contributed by atoms with van der Waals surface area (Å²) >= 11 is 0. The van der Waals surface area contributed by atoms with Gasteiger partial charge in [0.15, 0.2) is 0 Å². The normalized spacial score (nSPS) is 11.8. The van der Waals surface area contributed by atoms with E-state index in [2.05, 4.69) is 24.5 Å². The maximum atomic E-state index is 12.1. The Labute approximate surface area is 133 Å². The molecule has 1 aromatic carbocycles. The molecule has 0 aliphatic heterocycles. The van der Waals surface area contributed by atoms with E-state index in [1.54, 1.807) is 12.1 Å². The van der Waals surface area contributed by atoms with Gasteiger partial charge in [-0.1, -0.05) is 45.2 Å². The molecule has 2 N–H and O–H groups in total. The van der Waals surface area contributed by atoms with Crippen LogP contribution >= 0.6 is 0 Å². The van der Waals surface area contributed by atoms with Crippen LogP contribution in [0.1, 0.15) is 62.4 Å². The number of unbranched alkanes of at least 4 members (excludes halogenated alkanes) is 1. The van der Waals surface area contributed by atoms with E-state index >= 15 is 0 Å². The highest BCUT2D eigenvalue weighted by Crippen LogP contribution is 2.12. The Balaban J connectivity index is 2.46. The van der Waals surface area contributed by atoms with Crippen LogP contribution in [0.15, 0.2) is 24.3 Å². The van der Waals surface area contributed by atoms with Crippen molar-refractivity contribution in [1.82, 2.24) is 10.6 Å². The van der Waals surface area contributed by atoms with Crippen molar-refractivity contribution >= 4 is 11.8 Å². The van der Waals surface area contributed by atoms with E-state index in [1.165, 1.54) is 26.2 Å². The molecule has 0 radical (unpaired) electrons. The smallest absolute Gasteiger partial charge is 0.251 e. The number of hydrogen-bond acceptors (Lipinski definition) is 2. The molecule has 22 heavy (non-hydrogen) atoms. The SMILES string of the molecule is CCCCC(CC)CNC(=O)c1ccc(CNC(C)=O)cc1. The molecule has 1 rings (SSSR count). The lowest BCUT2D eigenvalue weighted by Crippen LogP contribution is -2.29. The van der Waals surface area contributed by atoms with Gasteiger partial charge >= 0.3 is 0 Å². The van der Waals surface area contributed by atoms with E-state index in [0.29, 0.717) is 18.0 Å². The number of benzene rings is 1. The molecule has 0 heterocycles. The molecule has 122 valence electrons. The Morgan fingerprint density at radius 1 is 1.09 bits per heavy atom. The Morgan fingerprint density at radius 3 is 2.32 bits per heavy atom. The zero-order chi connectivity index (χ0) is 16.4. The van der Waals surface area contributed by atoms with E-state index in [9.17, 15) is 9.59 Å². The first kappa shape index (κ1) is 18.2. The van der Waals surface area contributed by atoms with Crippen molar-refractivity contribution in [2.45, 2.75) is 53.0 Å². The summed E-state index contributed by atoms with van der Waals surface area (Å²) in [5, 5.41) is 5.76. The fourth-order valence-electron chi connectivity index (χ4n) is 2.28. The summed E-state index contributed by atoms with van der Waals surface area (Å²) in [6.07, 6.45) is 4.67. The Kier molecular flexibility index (Phi) is 8.26. The molecule has 0 bridgehead atoms. The lowest BCUT2D eigenvalue weighted by atomic mass is 9.99. The third-order valence-corrected chi connectivity index (χ3v) is 3.85. The van der Waals surface area contributed by atoms with Crippen molar-refractivity contribution < 1.29 is 9.59 Å². The van der Waals surface area contributed by atoms with Crippen LogP contribution in [-0.4, -0.2) is 18.4 Å². The van der Waals surface area contributed by atoms with Crippen LogP contribution in [0.25, 0.3) is 0 Å². The van der Waals surface area contributed by atoms with Gasteiger partial charge in [0.05, 0.1) is 0 Å². The quantitative estimate of drug-likeness (QED) is 0.735. The monoisotopic (exact) mass is 304 g/mol. The van der Waals surface area contributed by atoms with Crippen molar-refractivity contribution in [2.75, 3.05) is 6.54 Å². The molecule has 4 nitrogen and oxygen atoms in total. The maximum Gasteiger partial charge on any atom is 0.251 e. The number of hydrogen-bond donors (Lipinski definition) is 2. The zero-order valence-corrected chi connectivity index (χ0v) is 13.9. The van der Waals surface area contributed by atoms with Gasteiger partial charge in [0, 0.05) is 25.6 Å². The summed E-state index contributed by atoms with van der Waals surface area (Å²) in [5.41, 5.74) is 1.65. The van der Waals surface area contributed by atoms with Crippen molar-refractivity contribution in [2.24, 2.45) is 5.92 Å². The van der Waals surface area contributed by atoms with E-state index in [1.807, 2.05) is 12.1 Å². The Morgan fingerprint density at radius 2 is 1.77 bits per heavy atom. The van der Waals surface area contributed by atoms with Gasteiger partial charge in [-0.3, -0.25) is 9.59 Å².